The van der Waals surface area contributed by atoms with E-state index in [2.05, 4.69) is 22.5 Å². The maximum atomic E-state index is 12.5. The monoisotopic (exact) mass is 326 g/mol. The molecule has 0 saturated carbocycles. The molecule has 0 radical (unpaired) electrons. The number of aromatic nitrogens is 2. The molecule has 0 aliphatic heterocycles. The molecular formula is C17H15ClN4O. The van der Waals surface area contributed by atoms with Crippen LogP contribution in [0.5, 0.6) is 0 Å². The molecule has 3 rings (SSSR count). The number of anilines is 1. The predicted octanol–water partition coefficient (Wildman–Crippen LogP) is 1.58. The van der Waals surface area contributed by atoms with Crippen LogP contribution in [0.25, 0.3) is 18.5 Å². The van der Waals surface area contributed by atoms with E-state index in [1.807, 2.05) is 30.3 Å². The number of rotatable bonds is 4. The van der Waals surface area contributed by atoms with Crippen LogP contribution in [0.15, 0.2) is 59.4 Å². The Morgan fingerprint density at radius 1 is 1.13 bits per heavy atom. The average Bonchev–Trinajstić information content (AvgIpc) is 2.84. The zero-order chi connectivity index (χ0) is 16.2. The number of H-pyrrole nitrogens is 1. The predicted molar refractivity (Wildman–Crippen MR) is 93.8 cm³/mol. The van der Waals surface area contributed by atoms with Gasteiger partial charge in [0.25, 0.3) is 5.56 Å². The molecule has 116 valence electrons. The third-order valence-corrected chi connectivity index (χ3v) is 3.51. The molecule has 0 aliphatic carbocycles. The second kappa shape index (κ2) is 6.46. The van der Waals surface area contributed by atoms with Gasteiger partial charge in [0.2, 0.25) is 0 Å². The van der Waals surface area contributed by atoms with Crippen LogP contribution >= 0.6 is 11.6 Å². The van der Waals surface area contributed by atoms with E-state index in [1.54, 1.807) is 30.5 Å². The molecule has 0 fully saturated rings. The molecule has 2 aromatic carbocycles. The van der Waals surface area contributed by atoms with E-state index >= 15 is 0 Å². The Kier molecular flexibility index (Phi) is 4.21. The highest BCUT2D eigenvalue weighted by Crippen LogP contribution is 2.11. The standard InChI is InChI=1S/C17H15ClN4O/c1-12-16(11-19-20-14-7-3-2-4-8-14)17(23)22(21-12)15-9-5-6-13(18)10-15/h2-11,19-21H,1H2. The number of hydrogen-bond acceptors (Lipinski definition) is 3. The Morgan fingerprint density at radius 3 is 2.65 bits per heavy atom. The summed E-state index contributed by atoms with van der Waals surface area (Å²) in [6.07, 6.45) is 1.58. The first-order chi connectivity index (χ1) is 11.1. The van der Waals surface area contributed by atoms with Crippen molar-refractivity contribution in [1.82, 2.24) is 15.2 Å². The zero-order valence-electron chi connectivity index (χ0n) is 12.2. The molecule has 1 aromatic heterocycles. The molecule has 0 spiro atoms. The summed E-state index contributed by atoms with van der Waals surface area (Å²) >= 11 is 5.97. The van der Waals surface area contributed by atoms with Gasteiger partial charge in [0, 0.05) is 11.2 Å². The molecule has 0 aliphatic rings. The topological polar surface area (TPSA) is 61.9 Å². The molecule has 0 bridgehead atoms. The summed E-state index contributed by atoms with van der Waals surface area (Å²) in [6.45, 7) is 3.87. The smallest absolute Gasteiger partial charge is 0.280 e. The van der Waals surface area contributed by atoms with Gasteiger partial charge in [-0.2, -0.15) is 0 Å². The Labute approximate surface area is 137 Å². The van der Waals surface area contributed by atoms with E-state index in [0.29, 0.717) is 21.3 Å². The van der Waals surface area contributed by atoms with Gasteiger partial charge in [0.15, 0.2) is 0 Å². The van der Waals surface area contributed by atoms with Crippen LogP contribution in [0.4, 0.5) is 5.69 Å². The molecule has 5 nitrogen and oxygen atoms in total. The van der Waals surface area contributed by atoms with Crippen molar-refractivity contribution in [1.29, 1.82) is 0 Å². The molecule has 0 amide bonds. The fourth-order valence-electron chi connectivity index (χ4n) is 2.15. The van der Waals surface area contributed by atoms with Crippen LogP contribution in [-0.2, 0) is 0 Å². The fraction of sp³-hybridized carbons (Fsp3) is 0. The van der Waals surface area contributed by atoms with Gasteiger partial charge in [-0.05, 0) is 30.3 Å². The third kappa shape index (κ3) is 3.30. The number of halogens is 1. The van der Waals surface area contributed by atoms with E-state index in [9.17, 15) is 4.79 Å². The highest BCUT2D eigenvalue weighted by atomic mass is 35.5. The van der Waals surface area contributed by atoms with Gasteiger partial charge in [0.05, 0.1) is 21.9 Å². The summed E-state index contributed by atoms with van der Waals surface area (Å²) in [5.74, 6) is 0. The number of aromatic amines is 1. The molecular weight excluding hydrogens is 312 g/mol. The number of hydrazine groups is 1. The molecule has 1 heterocycles. The number of benzene rings is 2. The van der Waals surface area contributed by atoms with Crippen molar-refractivity contribution in [3.63, 3.8) is 0 Å². The highest BCUT2D eigenvalue weighted by molar-refractivity contribution is 6.30. The molecule has 0 saturated heterocycles. The Bertz CT molecular complexity index is 976. The second-order valence-corrected chi connectivity index (χ2v) is 5.34. The van der Waals surface area contributed by atoms with Crippen molar-refractivity contribution in [2.24, 2.45) is 0 Å². The minimum atomic E-state index is -0.209. The van der Waals surface area contributed by atoms with Crippen LogP contribution in [0, 0.1) is 0 Å². The summed E-state index contributed by atoms with van der Waals surface area (Å²) < 4.78 is 1.41. The van der Waals surface area contributed by atoms with E-state index in [4.69, 9.17) is 11.6 Å². The maximum Gasteiger partial charge on any atom is 0.280 e. The van der Waals surface area contributed by atoms with Crippen molar-refractivity contribution in [2.75, 3.05) is 5.43 Å². The normalized spacial score (nSPS) is 11.4. The Morgan fingerprint density at radius 2 is 1.91 bits per heavy atom. The lowest BCUT2D eigenvalue weighted by Gasteiger charge is -2.03. The van der Waals surface area contributed by atoms with Crippen molar-refractivity contribution >= 4 is 30.1 Å². The average molecular weight is 327 g/mol. The van der Waals surface area contributed by atoms with Gasteiger partial charge in [-0.25, -0.2) is 4.68 Å². The lowest BCUT2D eigenvalue weighted by atomic mass is 10.3. The van der Waals surface area contributed by atoms with E-state index in [-0.39, 0.29) is 5.56 Å². The third-order valence-electron chi connectivity index (χ3n) is 3.28. The first-order valence-electron chi connectivity index (χ1n) is 6.98. The minimum absolute atomic E-state index is 0.209. The zero-order valence-corrected chi connectivity index (χ0v) is 13.0. The van der Waals surface area contributed by atoms with Gasteiger partial charge >= 0.3 is 0 Å². The van der Waals surface area contributed by atoms with Gasteiger partial charge in [-0.15, -0.1) is 0 Å². The second-order valence-electron chi connectivity index (χ2n) is 4.90. The summed E-state index contributed by atoms with van der Waals surface area (Å²) in [6, 6.07) is 16.6. The first kappa shape index (κ1) is 15.0. The lowest BCUT2D eigenvalue weighted by molar-refractivity contribution is 0.838. The Balaban J connectivity index is 1.91. The molecule has 23 heavy (non-hydrogen) atoms. The van der Waals surface area contributed by atoms with Gasteiger partial charge in [-0.3, -0.25) is 9.89 Å². The SMILES string of the molecule is C=c1[nH]n(-c2cccc(Cl)c2)c(=O)c1=CNNc1ccccc1. The van der Waals surface area contributed by atoms with Crippen LogP contribution in [0.1, 0.15) is 0 Å². The van der Waals surface area contributed by atoms with E-state index in [1.165, 1.54) is 4.68 Å². The number of nitrogens with zero attached hydrogens (tertiary/aromatic N) is 1. The number of nitrogens with one attached hydrogen (secondary N) is 3. The van der Waals surface area contributed by atoms with Crippen LogP contribution < -0.4 is 27.0 Å². The summed E-state index contributed by atoms with van der Waals surface area (Å²) in [4.78, 5) is 12.5. The molecule has 0 unspecified atom stereocenters. The van der Waals surface area contributed by atoms with Crippen LogP contribution in [0.2, 0.25) is 5.02 Å². The van der Waals surface area contributed by atoms with Crippen LogP contribution in [0.3, 0.4) is 0 Å². The van der Waals surface area contributed by atoms with Gasteiger partial charge in [-0.1, -0.05) is 42.4 Å². The quantitative estimate of drug-likeness (QED) is 0.638. The van der Waals surface area contributed by atoms with Crippen molar-refractivity contribution in [2.45, 2.75) is 0 Å². The van der Waals surface area contributed by atoms with E-state index in [0.717, 1.165) is 5.69 Å². The van der Waals surface area contributed by atoms with Crippen LogP contribution in [-0.4, -0.2) is 9.78 Å². The molecule has 0 atom stereocenters. The number of hydrogen-bond donors (Lipinski definition) is 3. The molecule has 3 N–H and O–H groups in total. The summed E-state index contributed by atoms with van der Waals surface area (Å²) in [5.41, 5.74) is 7.23. The highest BCUT2D eigenvalue weighted by Gasteiger charge is 2.04. The van der Waals surface area contributed by atoms with Gasteiger partial charge in [0.1, 0.15) is 0 Å². The maximum absolute atomic E-state index is 12.5. The first-order valence-corrected chi connectivity index (χ1v) is 7.35. The molecule has 3 aromatic rings. The van der Waals surface area contributed by atoms with E-state index < -0.39 is 0 Å². The minimum Gasteiger partial charge on any atom is -0.307 e. The van der Waals surface area contributed by atoms with Crippen molar-refractivity contribution in [3.05, 3.63) is 80.5 Å². The fourth-order valence-corrected chi connectivity index (χ4v) is 2.34. The van der Waals surface area contributed by atoms with Gasteiger partial charge < -0.3 is 10.9 Å². The lowest BCUT2D eigenvalue weighted by Crippen LogP contribution is -2.37. The molecule has 6 heteroatoms. The summed E-state index contributed by atoms with van der Waals surface area (Å²) in [5, 5.41) is 4.45. The van der Waals surface area contributed by atoms with Crippen molar-refractivity contribution in [3.8, 4) is 5.69 Å². The largest absolute Gasteiger partial charge is 0.307 e. The number of para-hydroxylation sites is 1. The Hall–Kier alpha value is -2.92. The van der Waals surface area contributed by atoms with Crippen molar-refractivity contribution < 1.29 is 0 Å². The summed E-state index contributed by atoms with van der Waals surface area (Å²) in [7, 11) is 0.